The van der Waals surface area contributed by atoms with Gasteiger partial charge >= 0.3 is 5.97 Å². The predicted molar refractivity (Wildman–Crippen MR) is 130 cm³/mol. The third-order valence-electron chi connectivity index (χ3n) is 6.26. The second-order valence-corrected chi connectivity index (χ2v) is 9.04. The lowest BCUT2D eigenvalue weighted by molar-refractivity contribution is -0.910. The van der Waals surface area contributed by atoms with Crippen molar-refractivity contribution in [3.8, 4) is 0 Å². The lowest BCUT2D eigenvalue weighted by Gasteiger charge is -2.15. The summed E-state index contributed by atoms with van der Waals surface area (Å²) in [5.74, 6) is -2.50. The van der Waals surface area contributed by atoms with Crippen LogP contribution in [0.15, 0.2) is 83.5 Å². The van der Waals surface area contributed by atoms with Gasteiger partial charge in [0.25, 0.3) is 0 Å². The number of H-pyrrole nitrogens is 1. The molecule has 182 valence electrons. The van der Waals surface area contributed by atoms with Crippen LogP contribution in [-0.2, 0) is 6.42 Å². The first-order valence-electron chi connectivity index (χ1n) is 11.3. The van der Waals surface area contributed by atoms with E-state index in [1.807, 2.05) is 30.3 Å². The fourth-order valence-corrected chi connectivity index (χ4v) is 4.62. The number of rotatable bonds is 6. The molecule has 1 atom stereocenters. The van der Waals surface area contributed by atoms with Crippen LogP contribution in [0, 0.1) is 0 Å². The van der Waals surface area contributed by atoms with E-state index in [2.05, 4.69) is 9.97 Å². The van der Waals surface area contributed by atoms with Crippen LogP contribution < -0.4 is 4.73 Å². The first kappa shape index (κ1) is 23.7. The van der Waals surface area contributed by atoms with Crippen LogP contribution in [0.5, 0.6) is 0 Å². The van der Waals surface area contributed by atoms with Gasteiger partial charge in [-0.1, -0.05) is 41.9 Å². The van der Waals surface area contributed by atoms with Crippen molar-refractivity contribution >= 4 is 34.2 Å². The fourth-order valence-electron chi connectivity index (χ4n) is 4.43. The summed E-state index contributed by atoms with van der Waals surface area (Å²) in [5, 5.41) is 20.2. The van der Waals surface area contributed by atoms with Gasteiger partial charge in [0.05, 0.1) is 32.8 Å². The van der Waals surface area contributed by atoms with Gasteiger partial charge in [-0.2, -0.15) is 0 Å². The quantitative estimate of drug-likeness (QED) is 0.218. The van der Waals surface area contributed by atoms with E-state index in [1.165, 1.54) is 24.4 Å². The highest BCUT2D eigenvalue weighted by atomic mass is 35.5. The molecule has 36 heavy (non-hydrogen) atoms. The van der Waals surface area contributed by atoms with Crippen LogP contribution in [0.1, 0.15) is 51.8 Å². The Morgan fingerprint density at radius 2 is 1.89 bits per heavy atom. The Morgan fingerprint density at radius 3 is 2.61 bits per heavy atom. The van der Waals surface area contributed by atoms with E-state index in [0.29, 0.717) is 29.0 Å². The van der Waals surface area contributed by atoms with Gasteiger partial charge in [-0.3, -0.25) is 5.21 Å². The van der Waals surface area contributed by atoms with E-state index >= 15 is 0 Å². The molecule has 0 radical (unpaired) electrons. The average molecular weight is 509 g/mol. The molecule has 3 N–H and O–H groups in total. The molecule has 6 nitrogen and oxygen atoms in total. The minimum absolute atomic E-state index is 0.0112. The van der Waals surface area contributed by atoms with Crippen LogP contribution in [-0.4, -0.2) is 26.3 Å². The van der Waals surface area contributed by atoms with E-state index in [9.17, 15) is 23.9 Å². The molecular formula is C27H21ClF2N3O3+. The Balaban J connectivity index is 1.60. The summed E-state index contributed by atoms with van der Waals surface area (Å²) in [6, 6.07) is 17.3. The lowest BCUT2D eigenvalue weighted by Crippen LogP contribution is -2.38. The number of nitrogens with zero attached hydrogens (tertiary/aromatic N) is 2. The number of nitrogens with one attached hydrogen (secondary N) is 1. The number of fused-ring (bicyclic) bond motifs is 1. The highest BCUT2D eigenvalue weighted by Crippen LogP contribution is 2.39. The molecule has 2 aromatic heterocycles. The highest BCUT2D eigenvalue weighted by Gasteiger charge is 2.31. The fraction of sp³-hybridized carbons (Fsp3) is 0.148. The molecular weight excluding hydrogens is 488 g/mol. The number of aromatic amines is 1. The summed E-state index contributed by atoms with van der Waals surface area (Å²) in [7, 11) is 0. The number of carboxylic acids is 1. The molecule has 0 bridgehead atoms. The van der Waals surface area contributed by atoms with Crippen LogP contribution in [0.25, 0.3) is 16.6 Å². The maximum atomic E-state index is 14.6. The minimum atomic E-state index is -1.06. The molecule has 1 aliphatic carbocycles. The average Bonchev–Trinajstić information content (AvgIpc) is 3.29. The van der Waals surface area contributed by atoms with Crippen molar-refractivity contribution in [2.75, 3.05) is 0 Å². The van der Waals surface area contributed by atoms with E-state index in [1.54, 1.807) is 12.1 Å². The van der Waals surface area contributed by atoms with Gasteiger partial charge in [0.15, 0.2) is 0 Å². The van der Waals surface area contributed by atoms with Crippen LogP contribution in [0.4, 0.5) is 8.78 Å². The maximum absolute atomic E-state index is 14.6. The zero-order valence-electron chi connectivity index (χ0n) is 18.9. The molecule has 0 spiro atoms. The van der Waals surface area contributed by atoms with Crippen molar-refractivity contribution < 1.29 is 28.6 Å². The largest absolute Gasteiger partial charge is 0.478 e. The zero-order valence-corrected chi connectivity index (χ0v) is 19.6. The summed E-state index contributed by atoms with van der Waals surface area (Å²) < 4.78 is 30.0. The molecule has 1 unspecified atom stereocenters. The van der Waals surface area contributed by atoms with E-state index in [0.717, 1.165) is 10.3 Å². The number of imidazole rings is 1. The first-order valence-corrected chi connectivity index (χ1v) is 11.6. The standard InChI is InChI=1S/C27H20ClF2N3O3/c28-19-8-9-20(29)24(25(19)30)17-7-11-23(33(36)14-17)18(12-15-4-2-1-3-5-15)26-31-21-10-6-16(27(34)35)13-22(21)32-26/h1-7,10-11,13-14,18H,8-9,12H2,(H2-,31,32,34,35,36)/p+1. The Labute approximate surface area is 209 Å². The second kappa shape index (κ2) is 9.54. The number of carboxylic acid groups (broad SMARTS) is 1. The summed E-state index contributed by atoms with van der Waals surface area (Å²) in [6.45, 7) is 0. The molecule has 0 saturated carbocycles. The Kier molecular flexibility index (Phi) is 6.28. The number of pyridine rings is 1. The number of hydrogen-bond acceptors (Lipinski definition) is 3. The normalized spacial score (nSPS) is 15.0. The van der Waals surface area contributed by atoms with Crippen molar-refractivity contribution in [3.05, 3.63) is 112 Å². The van der Waals surface area contributed by atoms with Gasteiger partial charge < -0.3 is 10.1 Å². The Hall–Kier alpha value is -4.04. The molecule has 0 saturated heterocycles. The summed E-state index contributed by atoms with van der Waals surface area (Å²) >= 11 is 5.92. The topological polar surface area (TPSA) is 90.1 Å². The molecule has 0 aliphatic heterocycles. The molecule has 4 aromatic rings. The van der Waals surface area contributed by atoms with Crippen LogP contribution in [0.2, 0.25) is 0 Å². The molecule has 1 aliphatic rings. The molecule has 9 heteroatoms. The predicted octanol–water partition coefficient (Wildman–Crippen LogP) is 6.05. The highest BCUT2D eigenvalue weighted by molar-refractivity contribution is 6.30. The van der Waals surface area contributed by atoms with E-state index < -0.39 is 23.5 Å². The Morgan fingerprint density at radius 1 is 1.11 bits per heavy atom. The number of carbonyl (C=O) groups is 1. The van der Waals surface area contributed by atoms with Gasteiger partial charge in [-0.05, 0) is 42.7 Å². The third-order valence-corrected chi connectivity index (χ3v) is 6.61. The number of halogens is 3. The minimum Gasteiger partial charge on any atom is -0.478 e. The number of aromatic nitrogens is 3. The van der Waals surface area contributed by atoms with Crippen molar-refractivity contribution in [1.29, 1.82) is 0 Å². The monoisotopic (exact) mass is 508 g/mol. The van der Waals surface area contributed by atoms with Crippen molar-refractivity contribution in [1.82, 2.24) is 9.97 Å². The lowest BCUT2D eigenvalue weighted by atomic mass is 9.93. The molecule has 2 aromatic carbocycles. The van der Waals surface area contributed by atoms with Crippen molar-refractivity contribution in [2.45, 2.75) is 25.2 Å². The molecule has 0 fully saturated rings. The van der Waals surface area contributed by atoms with E-state index in [-0.39, 0.29) is 34.6 Å². The van der Waals surface area contributed by atoms with Gasteiger partial charge in [0, 0.05) is 17.2 Å². The third kappa shape index (κ3) is 4.47. The molecule has 5 rings (SSSR count). The summed E-state index contributed by atoms with van der Waals surface area (Å²) in [5.41, 5.74) is 2.52. The number of aromatic carboxylic acids is 1. The number of hydrogen-bond donors (Lipinski definition) is 3. The van der Waals surface area contributed by atoms with Crippen molar-refractivity contribution in [3.63, 3.8) is 0 Å². The van der Waals surface area contributed by atoms with E-state index in [4.69, 9.17) is 11.6 Å². The smallest absolute Gasteiger partial charge is 0.335 e. The van der Waals surface area contributed by atoms with Gasteiger partial charge in [0.2, 0.25) is 11.9 Å². The van der Waals surface area contributed by atoms with Gasteiger partial charge in [0.1, 0.15) is 23.4 Å². The van der Waals surface area contributed by atoms with Gasteiger partial charge in [-0.15, -0.1) is 0 Å². The van der Waals surface area contributed by atoms with Gasteiger partial charge in [-0.25, -0.2) is 18.6 Å². The van der Waals surface area contributed by atoms with Crippen LogP contribution in [0.3, 0.4) is 0 Å². The SMILES string of the molecule is O=C(O)c1ccc2[nH]c(C(Cc3ccccc3)c3ccc(C4=C(F)CCC(Cl)=C4F)c[n+]3O)nc2c1. The first-order chi connectivity index (χ1) is 17.3. The van der Waals surface area contributed by atoms with Crippen molar-refractivity contribution in [2.24, 2.45) is 0 Å². The zero-order chi connectivity index (χ0) is 25.4. The molecule has 0 amide bonds. The second-order valence-electron chi connectivity index (χ2n) is 8.59. The number of allylic oxidation sites excluding steroid dienone is 4. The Bertz CT molecular complexity index is 1550. The summed E-state index contributed by atoms with van der Waals surface area (Å²) in [6.07, 6.45) is 1.78. The van der Waals surface area contributed by atoms with Crippen LogP contribution >= 0.6 is 11.6 Å². The molecule has 2 heterocycles. The summed E-state index contributed by atoms with van der Waals surface area (Å²) in [4.78, 5) is 19.2. The maximum Gasteiger partial charge on any atom is 0.335 e. The number of benzene rings is 2.